The molecule has 0 saturated carbocycles. The van der Waals surface area contributed by atoms with Crippen molar-refractivity contribution >= 4 is 18.3 Å². The van der Waals surface area contributed by atoms with Crippen molar-refractivity contribution in [3.05, 3.63) is 0 Å². The first-order valence-corrected chi connectivity index (χ1v) is 7.62. The lowest BCUT2D eigenvalue weighted by molar-refractivity contribution is -0.123. The van der Waals surface area contributed by atoms with Gasteiger partial charge in [0.1, 0.15) is 0 Å². The molecule has 0 spiro atoms. The fraction of sp³-hybridized carbons (Fsp3) is 0.929. The zero-order chi connectivity index (χ0) is 13.5. The molecule has 2 atom stereocenters. The fourth-order valence-electron chi connectivity index (χ4n) is 3.06. The van der Waals surface area contributed by atoms with E-state index in [4.69, 9.17) is 10.5 Å². The smallest absolute Gasteiger partial charge is 0.234 e. The molecular weight excluding hydrogens is 278 g/mol. The highest BCUT2D eigenvalue weighted by atomic mass is 35.5. The first-order valence-electron chi connectivity index (χ1n) is 7.62. The molecule has 118 valence electrons. The van der Waals surface area contributed by atoms with Crippen LogP contribution in [0, 0.1) is 0 Å². The van der Waals surface area contributed by atoms with Gasteiger partial charge in [-0.1, -0.05) is 6.42 Å². The summed E-state index contributed by atoms with van der Waals surface area (Å²) in [5.41, 5.74) is 5.65. The van der Waals surface area contributed by atoms with Gasteiger partial charge >= 0.3 is 0 Å². The van der Waals surface area contributed by atoms with Crippen LogP contribution in [-0.4, -0.2) is 55.7 Å². The van der Waals surface area contributed by atoms with Gasteiger partial charge < -0.3 is 15.8 Å². The Morgan fingerprint density at radius 3 is 2.85 bits per heavy atom. The molecule has 20 heavy (non-hydrogen) atoms. The Morgan fingerprint density at radius 1 is 1.30 bits per heavy atom. The molecule has 5 nitrogen and oxygen atoms in total. The number of ether oxygens (including phenoxy) is 1. The van der Waals surface area contributed by atoms with E-state index >= 15 is 0 Å². The van der Waals surface area contributed by atoms with Gasteiger partial charge in [0, 0.05) is 19.2 Å². The molecule has 3 N–H and O–H groups in total. The van der Waals surface area contributed by atoms with Gasteiger partial charge in [0.25, 0.3) is 0 Å². The Morgan fingerprint density at radius 2 is 2.15 bits per heavy atom. The minimum absolute atomic E-state index is 0. The molecule has 2 aliphatic rings. The number of nitrogens with one attached hydrogen (secondary N) is 1. The fourth-order valence-corrected chi connectivity index (χ4v) is 3.06. The summed E-state index contributed by atoms with van der Waals surface area (Å²) < 4.78 is 5.51. The predicted octanol–water partition coefficient (Wildman–Crippen LogP) is 0.907. The second-order valence-electron chi connectivity index (χ2n) is 5.64. The third-order valence-corrected chi connectivity index (χ3v) is 4.15. The quantitative estimate of drug-likeness (QED) is 0.765. The topological polar surface area (TPSA) is 67.6 Å². The minimum atomic E-state index is 0. The third-order valence-electron chi connectivity index (χ3n) is 4.15. The van der Waals surface area contributed by atoms with Crippen LogP contribution in [0.25, 0.3) is 0 Å². The van der Waals surface area contributed by atoms with Crippen LogP contribution in [0.2, 0.25) is 0 Å². The standard InChI is InChI=1S/C14H27N3O2.ClH/c15-7-6-12-4-1-2-8-17(12)11-14(18)16-10-13-5-3-9-19-13;/h12-13H,1-11,15H2,(H,16,18);1H. The minimum Gasteiger partial charge on any atom is -0.376 e. The summed E-state index contributed by atoms with van der Waals surface area (Å²) in [5.74, 6) is 0.124. The maximum absolute atomic E-state index is 12.0. The van der Waals surface area contributed by atoms with E-state index in [-0.39, 0.29) is 24.4 Å². The van der Waals surface area contributed by atoms with Crippen molar-refractivity contribution in [2.24, 2.45) is 5.73 Å². The monoisotopic (exact) mass is 305 g/mol. The van der Waals surface area contributed by atoms with Gasteiger partial charge in [-0.2, -0.15) is 0 Å². The number of carbonyl (C=O) groups excluding carboxylic acids is 1. The summed E-state index contributed by atoms with van der Waals surface area (Å²) in [6.07, 6.45) is 7.05. The molecule has 0 aliphatic carbocycles. The molecule has 2 heterocycles. The van der Waals surface area contributed by atoms with E-state index in [2.05, 4.69) is 10.2 Å². The number of hydrogen-bond donors (Lipinski definition) is 2. The van der Waals surface area contributed by atoms with Gasteiger partial charge in [0.2, 0.25) is 5.91 Å². The first kappa shape index (κ1) is 17.7. The predicted molar refractivity (Wildman–Crippen MR) is 82.1 cm³/mol. The molecule has 0 radical (unpaired) electrons. The molecule has 2 saturated heterocycles. The summed E-state index contributed by atoms with van der Waals surface area (Å²) >= 11 is 0. The summed E-state index contributed by atoms with van der Waals surface area (Å²) in [6, 6.07) is 0.493. The second-order valence-corrected chi connectivity index (χ2v) is 5.64. The number of carbonyl (C=O) groups is 1. The number of rotatable bonds is 6. The number of halogens is 1. The van der Waals surface area contributed by atoms with Crippen molar-refractivity contribution in [2.45, 2.75) is 50.7 Å². The lowest BCUT2D eigenvalue weighted by atomic mass is 9.99. The number of likely N-dealkylation sites (tertiary alicyclic amines) is 1. The number of nitrogens with zero attached hydrogens (tertiary/aromatic N) is 1. The number of amides is 1. The van der Waals surface area contributed by atoms with Gasteiger partial charge in [-0.25, -0.2) is 0 Å². The summed E-state index contributed by atoms with van der Waals surface area (Å²) in [4.78, 5) is 14.3. The van der Waals surface area contributed by atoms with Crippen molar-refractivity contribution in [3.8, 4) is 0 Å². The number of nitrogens with two attached hydrogens (primary N) is 1. The second kappa shape index (κ2) is 9.55. The number of piperidine rings is 1. The average molecular weight is 306 g/mol. The van der Waals surface area contributed by atoms with Crippen LogP contribution in [-0.2, 0) is 9.53 Å². The zero-order valence-electron chi connectivity index (χ0n) is 12.2. The Hall–Kier alpha value is -0.360. The maximum Gasteiger partial charge on any atom is 0.234 e. The van der Waals surface area contributed by atoms with Gasteiger partial charge in [0.05, 0.1) is 12.6 Å². The molecule has 2 unspecified atom stereocenters. The summed E-state index contributed by atoms with van der Waals surface area (Å²) in [6.45, 7) is 3.74. The summed E-state index contributed by atoms with van der Waals surface area (Å²) in [7, 11) is 0. The summed E-state index contributed by atoms with van der Waals surface area (Å²) in [5, 5.41) is 3.00. The Bertz CT molecular complexity index is 284. The molecule has 1 amide bonds. The first-order chi connectivity index (χ1) is 9.29. The van der Waals surface area contributed by atoms with E-state index in [1.807, 2.05) is 0 Å². The molecule has 2 fully saturated rings. The van der Waals surface area contributed by atoms with Gasteiger partial charge in [-0.3, -0.25) is 9.69 Å². The lowest BCUT2D eigenvalue weighted by Crippen LogP contribution is -2.47. The Labute approximate surface area is 128 Å². The van der Waals surface area contributed by atoms with Crippen LogP contribution in [0.5, 0.6) is 0 Å². The van der Waals surface area contributed by atoms with Crippen molar-refractivity contribution in [1.82, 2.24) is 10.2 Å². The van der Waals surface area contributed by atoms with Crippen LogP contribution in [0.3, 0.4) is 0 Å². The third kappa shape index (κ3) is 5.56. The average Bonchev–Trinajstić information content (AvgIpc) is 2.92. The van der Waals surface area contributed by atoms with Crippen molar-refractivity contribution in [2.75, 3.05) is 32.8 Å². The van der Waals surface area contributed by atoms with Crippen LogP contribution in [0.1, 0.15) is 38.5 Å². The molecule has 6 heteroatoms. The van der Waals surface area contributed by atoms with Crippen LogP contribution >= 0.6 is 12.4 Å². The molecule has 2 aliphatic heterocycles. The van der Waals surface area contributed by atoms with Crippen LogP contribution in [0.15, 0.2) is 0 Å². The zero-order valence-corrected chi connectivity index (χ0v) is 13.0. The highest BCUT2D eigenvalue weighted by molar-refractivity contribution is 5.85. The van der Waals surface area contributed by atoms with Crippen LogP contribution in [0.4, 0.5) is 0 Å². The van der Waals surface area contributed by atoms with Gasteiger partial charge in [0.15, 0.2) is 0 Å². The van der Waals surface area contributed by atoms with Crippen molar-refractivity contribution in [1.29, 1.82) is 0 Å². The molecule has 0 aromatic carbocycles. The molecule has 0 bridgehead atoms. The SMILES string of the molecule is Cl.NCCC1CCCCN1CC(=O)NCC1CCCO1. The lowest BCUT2D eigenvalue weighted by Gasteiger charge is -2.35. The number of hydrogen-bond acceptors (Lipinski definition) is 4. The van der Waals surface area contributed by atoms with E-state index in [9.17, 15) is 4.79 Å². The normalized spacial score (nSPS) is 27.1. The molecular formula is C14H28ClN3O2. The van der Waals surface area contributed by atoms with E-state index in [1.165, 1.54) is 19.3 Å². The molecule has 0 aromatic rings. The van der Waals surface area contributed by atoms with E-state index in [0.717, 1.165) is 32.4 Å². The van der Waals surface area contributed by atoms with Gasteiger partial charge in [-0.15, -0.1) is 12.4 Å². The Balaban J connectivity index is 0.00000200. The highest BCUT2D eigenvalue weighted by Gasteiger charge is 2.24. The van der Waals surface area contributed by atoms with E-state index < -0.39 is 0 Å². The highest BCUT2D eigenvalue weighted by Crippen LogP contribution is 2.18. The van der Waals surface area contributed by atoms with E-state index in [1.54, 1.807) is 0 Å². The van der Waals surface area contributed by atoms with Crippen LogP contribution < -0.4 is 11.1 Å². The van der Waals surface area contributed by atoms with Gasteiger partial charge in [-0.05, 0) is 45.2 Å². The Kier molecular flexibility index (Phi) is 8.45. The largest absolute Gasteiger partial charge is 0.376 e. The van der Waals surface area contributed by atoms with Crippen molar-refractivity contribution in [3.63, 3.8) is 0 Å². The molecule has 0 aromatic heterocycles. The molecule has 2 rings (SSSR count). The maximum atomic E-state index is 12.0. The van der Waals surface area contributed by atoms with E-state index in [0.29, 0.717) is 25.7 Å². The van der Waals surface area contributed by atoms with Crippen molar-refractivity contribution < 1.29 is 9.53 Å².